The van der Waals surface area contributed by atoms with Crippen molar-refractivity contribution in [3.8, 4) is 23.0 Å². The van der Waals surface area contributed by atoms with E-state index in [2.05, 4.69) is 64.9 Å². The maximum Gasteiger partial charge on any atom is 0.201 e. The predicted molar refractivity (Wildman–Crippen MR) is 263 cm³/mol. The van der Waals surface area contributed by atoms with Crippen molar-refractivity contribution in [1.29, 1.82) is 0 Å². The zero-order chi connectivity index (χ0) is 47.4. The first-order valence-corrected chi connectivity index (χ1v) is 25.9. The number of H-pyrrole nitrogens is 1. The van der Waals surface area contributed by atoms with Crippen LogP contribution in [-0.4, -0.2) is 86.8 Å². The van der Waals surface area contributed by atoms with E-state index in [-0.39, 0.29) is 70.6 Å². The average Bonchev–Trinajstić information content (AvgIpc) is 3.88. The maximum absolute atomic E-state index is 12.8. The van der Waals surface area contributed by atoms with Crippen LogP contribution in [0.15, 0.2) is 79.1 Å². The Kier molecular flexibility index (Phi) is 15.6. The van der Waals surface area contributed by atoms with Gasteiger partial charge < -0.3 is 55.2 Å². The minimum atomic E-state index is -0.686. The fourth-order valence-corrected chi connectivity index (χ4v) is 13.8. The number of methoxy groups -OCH3 is 1. The number of nitrogens with one attached hydrogen (secondary N) is 2. The molecule has 11 nitrogen and oxygen atoms in total. The number of benzene rings is 3. The van der Waals surface area contributed by atoms with Crippen molar-refractivity contribution in [2.24, 2.45) is 23.7 Å². The summed E-state index contributed by atoms with van der Waals surface area (Å²) in [6, 6.07) is 19.3. The molecule has 1 saturated heterocycles. The first-order chi connectivity index (χ1) is 33.1. The molecule has 3 saturated carbocycles. The molecule has 1 aliphatic heterocycles. The number of phenolic OH excluding ortho intramolecular Hbond substituents is 2. The van der Waals surface area contributed by atoms with Gasteiger partial charge in [0, 0.05) is 61.5 Å². The smallest absolute Gasteiger partial charge is 0.201 e. The third-order valence-corrected chi connectivity index (χ3v) is 17.2. The second kappa shape index (κ2) is 21.7. The summed E-state index contributed by atoms with van der Waals surface area (Å²) >= 11 is 0. The van der Waals surface area contributed by atoms with E-state index in [0.29, 0.717) is 36.3 Å². The van der Waals surface area contributed by atoms with E-state index in [1.807, 2.05) is 31.5 Å². The molecule has 11 atom stereocenters. The van der Waals surface area contributed by atoms with Crippen LogP contribution in [0, 0.1) is 23.7 Å². The summed E-state index contributed by atoms with van der Waals surface area (Å²) in [7, 11) is 1.45. The largest absolute Gasteiger partial charge is 0.508 e. The van der Waals surface area contributed by atoms with E-state index in [9.17, 15) is 30.6 Å². The van der Waals surface area contributed by atoms with Crippen LogP contribution in [0.3, 0.4) is 0 Å². The first kappa shape index (κ1) is 48.7. The number of aliphatic hydroxyl groups is 3. The molecule has 3 aromatic carbocycles. The van der Waals surface area contributed by atoms with Gasteiger partial charge in [0.1, 0.15) is 5.75 Å². The third-order valence-electron chi connectivity index (χ3n) is 17.2. The summed E-state index contributed by atoms with van der Waals surface area (Å²) in [6.07, 6.45) is 19.4. The first-order valence-electron chi connectivity index (χ1n) is 25.9. The minimum Gasteiger partial charge on any atom is -0.508 e. The minimum absolute atomic E-state index is 0.0338. The van der Waals surface area contributed by atoms with Crippen LogP contribution in [-0.2, 0) is 27.9 Å². The summed E-state index contributed by atoms with van der Waals surface area (Å²) in [5, 5.41) is 73.4. The van der Waals surface area contributed by atoms with Crippen molar-refractivity contribution >= 4 is 0 Å². The molecule has 5 aliphatic rings. The van der Waals surface area contributed by atoms with Crippen LogP contribution in [0.2, 0.25) is 0 Å². The van der Waals surface area contributed by atoms with Crippen molar-refractivity contribution in [3.05, 3.63) is 118 Å². The molecule has 0 spiro atoms. The van der Waals surface area contributed by atoms with E-state index < -0.39 is 36.4 Å². The van der Waals surface area contributed by atoms with Crippen LogP contribution >= 0.6 is 0 Å². The molecule has 4 aliphatic carbocycles. The molecule has 1 aromatic heterocycles. The Morgan fingerprint density at radius 2 is 1.74 bits per heavy atom. The number of ether oxygens (including phenoxy) is 3. The van der Waals surface area contributed by atoms with Gasteiger partial charge in [0.2, 0.25) is 5.75 Å². The standard InChI is InChI=1S/C57H76N2O9/c1-3-67-26-10-24-59-40-16-19-41-38(28-40)14-18-43(49(63)32-57(22-8-5-9-23-57)39-11-6-4-7-12-39)52(41)44-29-36(15-20-47(44)61)37-13-17-42-48(62)31-51(68-50(42)30-37)53-45(27-35-21-25-58-33-35)56(66-2)55(65)54(64)46(53)34-60/h4,6-7,11-12,15-16,19-21,25,29,33,37-38,40-43,48-52,58-65H,3,5,8-10,13-14,17-18,22-24,26-28,30-32,34H2,1-2H3/t37-,38+,40+,41-,42-,43-,48+,49-,50+,51+,52+/m1/s1. The van der Waals surface area contributed by atoms with Crippen LogP contribution in [0.25, 0.3) is 0 Å². The lowest BCUT2D eigenvalue weighted by Gasteiger charge is -2.49. The van der Waals surface area contributed by atoms with Crippen molar-refractivity contribution in [2.75, 3.05) is 26.9 Å². The van der Waals surface area contributed by atoms with E-state index in [0.717, 1.165) is 87.8 Å². The lowest BCUT2D eigenvalue weighted by molar-refractivity contribution is -0.154. The van der Waals surface area contributed by atoms with Crippen LogP contribution in [0.1, 0.15) is 154 Å². The van der Waals surface area contributed by atoms with Crippen LogP contribution in [0.5, 0.6) is 23.0 Å². The highest BCUT2D eigenvalue weighted by molar-refractivity contribution is 5.64. The van der Waals surface area contributed by atoms with Gasteiger partial charge in [-0.1, -0.05) is 73.9 Å². The monoisotopic (exact) mass is 933 g/mol. The number of rotatable bonds is 17. The Morgan fingerprint density at radius 3 is 2.49 bits per heavy atom. The maximum atomic E-state index is 12.8. The zero-order valence-corrected chi connectivity index (χ0v) is 40.2. The molecule has 68 heavy (non-hydrogen) atoms. The molecule has 11 heteroatoms. The number of aromatic nitrogens is 1. The Balaban J connectivity index is 1.02. The molecule has 368 valence electrons. The molecule has 4 aromatic rings. The Labute approximate surface area is 403 Å². The molecule has 4 fully saturated rings. The number of phenols is 3. The number of aliphatic hydroxyl groups excluding tert-OH is 3. The number of aromatic hydroxyl groups is 3. The average molecular weight is 933 g/mol. The predicted octanol–water partition coefficient (Wildman–Crippen LogP) is 9.72. The number of aromatic amines is 1. The van der Waals surface area contributed by atoms with Gasteiger partial charge >= 0.3 is 0 Å². The molecule has 8 N–H and O–H groups in total. The number of fused-ring (bicyclic) bond motifs is 2. The fourth-order valence-electron chi connectivity index (χ4n) is 13.8. The van der Waals surface area contributed by atoms with E-state index >= 15 is 0 Å². The molecular formula is C57H76N2O9. The highest BCUT2D eigenvalue weighted by atomic mass is 16.5. The third kappa shape index (κ3) is 9.99. The summed E-state index contributed by atoms with van der Waals surface area (Å²) in [4.78, 5) is 3.08. The Bertz CT molecular complexity index is 2290. The molecule has 9 rings (SSSR count). The second-order valence-electron chi connectivity index (χ2n) is 20.9. The van der Waals surface area contributed by atoms with Gasteiger partial charge in [0.05, 0.1) is 38.1 Å². The van der Waals surface area contributed by atoms with Gasteiger partial charge in [-0.25, -0.2) is 0 Å². The Hall–Kier alpha value is -4.36. The highest BCUT2D eigenvalue weighted by Gasteiger charge is 2.48. The second-order valence-corrected chi connectivity index (χ2v) is 20.9. The van der Waals surface area contributed by atoms with Crippen LogP contribution < -0.4 is 10.1 Å². The number of hydrogen-bond acceptors (Lipinski definition) is 10. The molecular weight excluding hydrogens is 857 g/mol. The molecule has 0 unspecified atom stereocenters. The molecule has 0 radical (unpaired) electrons. The van der Waals surface area contributed by atoms with Crippen molar-refractivity contribution in [3.63, 3.8) is 0 Å². The van der Waals surface area contributed by atoms with E-state index in [1.165, 1.54) is 31.9 Å². The lowest BCUT2D eigenvalue weighted by atomic mass is 9.57. The van der Waals surface area contributed by atoms with Gasteiger partial charge in [0.15, 0.2) is 11.5 Å². The lowest BCUT2D eigenvalue weighted by Crippen LogP contribution is -2.45. The molecule has 0 bridgehead atoms. The van der Waals surface area contributed by atoms with Gasteiger partial charge in [0.25, 0.3) is 0 Å². The van der Waals surface area contributed by atoms with Crippen molar-refractivity contribution in [1.82, 2.24) is 10.3 Å². The molecule has 0 amide bonds. The SMILES string of the molecule is CCOCCCN[C@H]1C=C[C@@H]2[C@@H](CC[C@H]([C@H](O)CC3(c4ccccc4)CCCCC3)[C@H]2c2cc([C@@H]3CC[C@H]4[C@H](C3)O[C@H](c3c(CO)c(O)c(O)c(OC)c3Cc3cc[nH]c3)C[C@@H]4O)ccc2O)C1. The van der Waals surface area contributed by atoms with Crippen LogP contribution in [0.4, 0.5) is 0 Å². The van der Waals surface area contributed by atoms with Crippen molar-refractivity contribution in [2.45, 2.75) is 158 Å². The summed E-state index contributed by atoms with van der Waals surface area (Å²) in [5.74, 6) is -0.0282. The highest BCUT2D eigenvalue weighted by Crippen LogP contribution is 2.56. The van der Waals surface area contributed by atoms with Gasteiger partial charge in [-0.05, 0) is 153 Å². The summed E-state index contributed by atoms with van der Waals surface area (Å²) in [5.41, 5.74) is 5.53. The van der Waals surface area contributed by atoms with Gasteiger partial charge in [-0.3, -0.25) is 0 Å². The summed E-state index contributed by atoms with van der Waals surface area (Å²) < 4.78 is 18.3. The molecule has 2 heterocycles. The fraction of sp³-hybridized carbons (Fsp3) is 0.579. The number of hydrogen-bond donors (Lipinski definition) is 8. The van der Waals surface area contributed by atoms with Gasteiger partial charge in [-0.2, -0.15) is 0 Å². The van der Waals surface area contributed by atoms with E-state index in [1.54, 1.807) is 0 Å². The Morgan fingerprint density at radius 1 is 0.912 bits per heavy atom. The van der Waals surface area contributed by atoms with Gasteiger partial charge in [-0.15, -0.1) is 0 Å². The quantitative estimate of drug-likeness (QED) is 0.0289. The zero-order valence-electron chi connectivity index (χ0n) is 40.2. The van der Waals surface area contributed by atoms with Crippen molar-refractivity contribution < 1.29 is 44.8 Å². The topological polar surface area (TPSA) is 177 Å². The number of allylic oxidation sites excluding steroid dienone is 1. The summed E-state index contributed by atoms with van der Waals surface area (Å²) in [6.45, 7) is 3.88. The van der Waals surface area contributed by atoms with E-state index in [4.69, 9.17) is 14.2 Å². The normalized spacial score (nSPS) is 29.5.